The summed E-state index contributed by atoms with van der Waals surface area (Å²) in [5.74, 6) is 1.87. The van der Waals surface area contributed by atoms with E-state index < -0.39 is 0 Å². The third-order valence-electron chi connectivity index (χ3n) is 2.69. The van der Waals surface area contributed by atoms with E-state index in [4.69, 9.17) is 0 Å². The summed E-state index contributed by atoms with van der Waals surface area (Å²) in [6.45, 7) is 4.61. The number of hydrogen-bond acceptors (Lipinski definition) is 0. The van der Waals surface area contributed by atoms with Gasteiger partial charge in [-0.25, -0.2) is 0 Å². The van der Waals surface area contributed by atoms with E-state index in [0.717, 1.165) is 11.8 Å². The van der Waals surface area contributed by atoms with Gasteiger partial charge in [0.05, 0.1) is 0 Å². The molecule has 0 radical (unpaired) electrons. The predicted octanol–water partition coefficient (Wildman–Crippen LogP) is 3.39. The normalized spacial score (nSPS) is 32.6. The molecule has 1 rings (SSSR count). The quantitative estimate of drug-likeness (QED) is 0.513. The lowest BCUT2D eigenvalue weighted by Gasteiger charge is -2.25. The zero-order valence-corrected chi connectivity index (χ0v) is 7.14. The minimum absolute atomic E-state index is 0.888. The van der Waals surface area contributed by atoms with Crippen LogP contribution in [0.25, 0.3) is 0 Å². The Labute approximate surface area is 64.3 Å². The Morgan fingerprint density at radius 2 is 2.10 bits per heavy atom. The fraction of sp³-hybridized carbons (Fsp3) is 0.800. The van der Waals surface area contributed by atoms with Gasteiger partial charge in [-0.1, -0.05) is 32.4 Å². The Hall–Kier alpha value is -0.260. The molecule has 0 fully saturated rings. The molecule has 10 heavy (non-hydrogen) atoms. The molecule has 1 aliphatic rings. The van der Waals surface area contributed by atoms with Gasteiger partial charge in [0, 0.05) is 0 Å². The standard InChI is InChI=1S/C10H18/c1-3-9-7-5-6-8-10(9)4-2/h5,7,9-10H,3-4,6,8H2,1-2H3/t9-,10+/m1/s1. The zero-order chi connectivity index (χ0) is 7.40. The van der Waals surface area contributed by atoms with Crippen LogP contribution in [0.4, 0.5) is 0 Å². The van der Waals surface area contributed by atoms with Gasteiger partial charge in [-0.2, -0.15) is 0 Å². The van der Waals surface area contributed by atoms with Crippen LogP contribution in [0.5, 0.6) is 0 Å². The molecule has 0 saturated carbocycles. The Morgan fingerprint density at radius 1 is 1.30 bits per heavy atom. The van der Waals surface area contributed by atoms with Crippen LogP contribution >= 0.6 is 0 Å². The van der Waals surface area contributed by atoms with Crippen molar-refractivity contribution in [2.45, 2.75) is 39.5 Å². The zero-order valence-electron chi connectivity index (χ0n) is 7.14. The van der Waals surface area contributed by atoms with Crippen LogP contribution in [0.3, 0.4) is 0 Å². The first-order valence-corrected chi connectivity index (χ1v) is 4.55. The van der Waals surface area contributed by atoms with Crippen molar-refractivity contribution in [1.29, 1.82) is 0 Å². The highest BCUT2D eigenvalue weighted by Crippen LogP contribution is 2.29. The van der Waals surface area contributed by atoms with Crippen molar-refractivity contribution in [3.8, 4) is 0 Å². The van der Waals surface area contributed by atoms with Crippen molar-refractivity contribution >= 4 is 0 Å². The molecular weight excluding hydrogens is 120 g/mol. The minimum atomic E-state index is 0.888. The fourth-order valence-electron chi connectivity index (χ4n) is 1.93. The summed E-state index contributed by atoms with van der Waals surface area (Å²) in [5, 5.41) is 0. The third kappa shape index (κ3) is 1.62. The van der Waals surface area contributed by atoms with Crippen LogP contribution in [0.15, 0.2) is 12.2 Å². The van der Waals surface area contributed by atoms with Crippen molar-refractivity contribution in [1.82, 2.24) is 0 Å². The van der Waals surface area contributed by atoms with E-state index >= 15 is 0 Å². The SMILES string of the molecule is CC[C@H]1CCC=C[C@H]1CC. The lowest BCUT2D eigenvalue weighted by molar-refractivity contribution is 0.337. The van der Waals surface area contributed by atoms with E-state index in [9.17, 15) is 0 Å². The summed E-state index contributed by atoms with van der Waals surface area (Å²) in [7, 11) is 0. The van der Waals surface area contributed by atoms with E-state index in [1.807, 2.05) is 0 Å². The molecule has 0 N–H and O–H groups in total. The summed E-state index contributed by atoms with van der Waals surface area (Å²) >= 11 is 0. The van der Waals surface area contributed by atoms with Crippen LogP contribution in [-0.2, 0) is 0 Å². The van der Waals surface area contributed by atoms with Crippen molar-refractivity contribution in [2.75, 3.05) is 0 Å². The molecule has 0 aromatic heterocycles. The first kappa shape index (κ1) is 7.84. The van der Waals surface area contributed by atoms with E-state index in [2.05, 4.69) is 26.0 Å². The number of rotatable bonds is 2. The van der Waals surface area contributed by atoms with Gasteiger partial charge in [-0.05, 0) is 31.1 Å². The van der Waals surface area contributed by atoms with Crippen LogP contribution in [0, 0.1) is 11.8 Å². The molecular formula is C10H18. The highest BCUT2D eigenvalue weighted by atomic mass is 14.2. The van der Waals surface area contributed by atoms with Gasteiger partial charge in [-0.15, -0.1) is 0 Å². The van der Waals surface area contributed by atoms with Gasteiger partial charge < -0.3 is 0 Å². The van der Waals surface area contributed by atoms with Gasteiger partial charge >= 0.3 is 0 Å². The smallest absolute Gasteiger partial charge is 0.0208 e. The van der Waals surface area contributed by atoms with Crippen LogP contribution in [-0.4, -0.2) is 0 Å². The second-order valence-corrected chi connectivity index (χ2v) is 3.25. The highest BCUT2D eigenvalue weighted by molar-refractivity contribution is 4.95. The first-order chi connectivity index (χ1) is 4.88. The molecule has 1 aliphatic carbocycles. The molecule has 0 aromatic carbocycles. The van der Waals surface area contributed by atoms with E-state index in [1.165, 1.54) is 25.7 Å². The molecule has 0 heteroatoms. The molecule has 0 bridgehead atoms. The molecule has 0 unspecified atom stereocenters. The second kappa shape index (κ2) is 3.80. The molecule has 0 spiro atoms. The van der Waals surface area contributed by atoms with Crippen LogP contribution < -0.4 is 0 Å². The minimum Gasteiger partial charge on any atom is -0.0882 e. The molecule has 0 amide bonds. The van der Waals surface area contributed by atoms with Gasteiger partial charge in [0.25, 0.3) is 0 Å². The number of allylic oxidation sites excluding steroid dienone is 2. The monoisotopic (exact) mass is 138 g/mol. The Balaban J connectivity index is 2.47. The first-order valence-electron chi connectivity index (χ1n) is 4.55. The summed E-state index contributed by atoms with van der Waals surface area (Å²) in [5.41, 5.74) is 0. The summed E-state index contributed by atoms with van der Waals surface area (Å²) in [4.78, 5) is 0. The molecule has 0 aliphatic heterocycles. The maximum absolute atomic E-state index is 2.41. The van der Waals surface area contributed by atoms with E-state index in [1.54, 1.807) is 0 Å². The molecule has 58 valence electrons. The van der Waals surface area contributed by atoms with Gasteiger partial charge in [0.15, 0.2) is 0 Å². The molecule has 0 heterocycles. The Morgan fingerprint density at radius 3 is 2.60 bits per heavy atom. The van der Waals surface area contributed by atoms with Crippen molar-refractivity contribution in [3.05, 3.63) is 12.2 Å². The lowest BCUT2D eigenvalue weighted by Crippen LogP contribution is -2.13. The maximum atomic E-state index is 2.41. The van der Waals surface area contributed by atoms with Gasteiger partial charge in [-0.3, -0.25) is 0 Å². The van der Waals surface area contributed by atoms with E-state index in [0.29, 0.717) is 0 Å². The van der Waals surface area contributed by atoms with Gasteiger partial charge in [0.1, 0.15) is 0 Å². The van der Waals surface area contributed by atoms with E-state index in [-0.39, 0.29) is 0 Å². The molecule has 0 aromatic rings. The van der Waals surface area contributed by atoms with Crippen molar-refractivity contribution < 1.29 is 0 Å². The Kier molecular flexibility index (Phi) is 2.98. The summed E-state index contributed by atoms with van der Waals surface area (Å²) in [6, 6.07) is 0. The number of hydrogen-bond donors (Lipinski definition) is 0. The highest BCUT2D eigenvalue weighted by Gasteiger charge is 2.17. The lowest BCUT2D eigenvalue weighted by atomic mass is 9.81. The average molecular weight is 138 g/mol. The van der Waals surface area contributed by atoms with Crippen LogP contribution in [0.2, 0.25) is 0 Å². The fourth-order valence-corrected chi connectivity index (χ4v) is 1.93. The topological polar surface area (TPSA) is 0 Å². The Bertz CT molecular complexity index is 113. The van der Waals surface area contributed by atoms with Crippen molar-refractivity contribution in [2.24, 2.45) is 11.8 Å². The average Bonchev–Trinajstić information content (AvgIpc) is 2.04. The third-order valence-corrected chi connectivity index (χ3v) is 2.69. The molecule has 0 saturated heterocycles. The maximum Gasteiger partial charge on any atom is -0.0208 e. The molecule has 0 nitrogen and oxygen atoms in total. The second-order valence-electron chi connectivity index (χ2n) is 3.25. The predicted molar refractivity (Wildman–Crippen MR) is 45.9 cm³/mol. The largest absolute Gasteiger partial charge is 0.0882 e. The molecule has 2 atom stereocenters. The van der Waals surface area contributed by atoms with Crippen LogP contribution in [0.1, 0.15) is 39.5 Å². The van der Waals surface area contributed by atoms with Gasteiger partial charge in [0.2, 0.25) is 0 Å². The summed E-state index contributed by atoms with van der Waals surface area (Å²) in [6.07, 6.45) is 10.2. The van der Waals surface area contributed by atoms with Crippen molar-refractivity contribution in [3.63, 3.8) is 0 Å². The summed E-state index contributed by atoms with van der Waals surface area (Å²) < 4.78 is 0.